The lowest BCUT2D eigenvalue weighted by molar-refractivity contribution is -0.142. The summed E-state index contributed by atoms with van der Waals surface area (Å²) in [7, 11) is 0. The number of halogens is 1. The molecule has 0 spiro atoms. The average molecular weight is 468 g/mol. The van der Waals surface area contributed by atoms with E-state index >= 15 is 0 Å². The minimum absolute atomic E-state index is 0.189. The van der Waals surface area contributed by atoms with Crippen molar-refractivity contribution in [2.75, 3.05) is 5.73 Å². The molecule has 0 saturated carbocycles. The van der Waals surface area contributed by atoms with Crippen molar-refractivity contribution in [3.8, 4) is 28.3 Å². The summed E-state index contributed by atoms with van der Waals surface area (Å²) in [5.74, 6) is 0.310. The van der Waals surface area contributed by atoms with Crippen molar-refractivity contribution in [2.24, 2.45) is 0 Å². The fourth-order valence-electron chi connectivity index (χ4n) is 3.96. The molecule has 174 valence electrons. The summed E-state index contributed by atoms with van der Waals surface area (Å²) >= 11 is 0. The number of nitrogens with zero attached hydrogens (tertiary/aromatic N) is 4. The molecule has 0 saturated heterocycles. The molecule has 8 heteroatoms. The Morgan fingerprint density at radius 2 is 1.80 bits per heavy atom. The van der Waals surface area contributed by atoms with E-state index in [1.54, 1.807) is 24.4 Å². The Labute approximate surface area is 201 Å². The molecule has 35 heavy (non-hydrogen) atoms. The van der Waals surface area contributed by atoms with Gasteiger partial charge in [-0.05, 0) is 72.6 Å². The topological polar surface area (TPSA) is 95.9 Å². The predicted molar refractivity (Wildman–Crippen MR) is 132 cm³/mol. The van der Waals surface area contributed by atoms with Gasteiger partial charge in [0.2, 0.25) is 0 Å². The average Bonchev–Trinajstić information content (AvgIpc) is 3.21. The number of aryl methyl sites for hydroxylation is 1. The van der Waals surface area contributed by atoms with Crippen molar-refractivity contribution >= 4 is 23.0 Å². The number of esters is 1. The lowest BCUT2D eigenvalue weighted by Crippen LogP contribution is -2.03. The van der Waals surface area contributed by atoms with Crippen LogP contribution in [0.1, 0.15) is 18.1 Å². The van der Waals surface area contributed by atoms with Crippen molar-refractivity contribution in [1.82, 2.24) is 19.5 Å². The number of anilines is 1. The number of hydrogen-bond donors (Lipinski definition) is 1. The molecule has 7 nitrogen and oxygen atoms in total. The molecule has 0 radical (unpaired) electrons. The van der Waals surface area contributed by atoms with Gasteiger partial charge in [-0.3, -0.25) is 9.36 Å². The van der Waals surface area contributed by atoms with Crippen LogP contribution in [0.15, 0.2) is 72.9 Å². The monoisotopic (exact) mass is 467 g/mol. The normalized spacial score (nSPS) is 11.1. The molecule has 0 aliphatic rings. The van der Waals surface area contributed by atoms with Crippen LogP contribution >= 0.6 is 0 Å². The zero-order valence-corrected chi connectivity index (χ0v) is 19.2. The molecular weight excluding hydrogens is 445 g/mol. The van der Waals surface area contributed by atoms with Gasteiger partial charge in [0, 0.05) is 24.4 Å². The number of nitrogen functional groups attached to an aromatic ring is 1. The van der Waals surface area contributed by atoms with Gasteiger partial charge in [0.25, 0.3) is 0 Å². The molecule has 2 aromatic carbocycles. The number of nitrogens with two attached hydrogens (primary N) is 1. The summed E-state index contributed by atoms with van der Waals surface area (Å²) in [5.41, 5.74) is 12.3. The van der Waals surface area contributed by atoms with Gasteiger partial charge >= 0.3 is 5.97 Å². The first-order valence-electron chi connectivity index (χ1n) is 11.0. The number of carbonyl (C=O) groups is 1. The van der Waals surface area contributed by atoms with Gasteiger partial charge in [-0.15, -0.1) is 0 Å². The van der Waals surface area contributed by atoms with E-state index in [0.717, 1.165) is 28.1 Å². The largest absolute Gasteiger partial charge is 0.461 e. The number of aromatic nitrogens is 4. The van der Waals surface area contributed by atoms with Crippen LogP contribution in [0.25, 0.3) is 39.5 Å². The fourth-order valence-corrected chi connectivity index (χ4v) is 3.96. The second-order valence-electron chi connectivity index (χ2n) is 8.16. The zero-order chi connectivity index (χ0) is 24.5. The Balaban J connectivity index is 1.72. The highest BCUT2D eigenvalue weighted by atomic mass is 19.1. The Morgan fingerprint density at radius 3 is 2.49 bits per heavy atom. The zero-order valence-electron chi connectivity index (χ0n) is 19.2. The molecule has 2 N–H and O–H groups in total. The third-order valence-electron chi connectivity index (χ3n) is 5.66. The highest BCUT2D eigenvalue weighted by Gasteiger charge is 2.20. The first kappa shape index (κ1) is 22.2. The Hall–Kier alpha value is -4.59. The van der Waals surface area contributed by atoms with E-state index in [0.29, 0.717) is 28.4 Å². The summed E-state index contributed by atoms with van der Waals surface area (Å²) in [6.45, 7) is 3.52. The Kier molecular flexibility index (Phi) is 5.70. The summed E-state index contributed by atoms with van der Waals surface area (Å²) in [4.78, 5) is 25.2. The lowest BCUT2D eigenvalue weighted by atomic mass is 10.1. The van der Waals surface area contributed by atoms with Gasteiger partial charge in [-0.25, -0.2) is 19.3 Å². The smallest absolute Gasteiger partial charge is 0.302 e. The van der Waals surface area contributed by atoms with Crippen LogP contribution in [-0.2, 0) is 16.1 Å². The number of hydrogen-bond acceptors (Lipinski definition) is 6. The van der Waals surface area contributed by atoms with Crippen LogP contribution in [0.3, 0.4) is 0 Å². The molecule has 0 fully saturated rings. The highest BCUT2D eigenvalue weighted by molar-refractivity contribution is 5.85. The second kappa shape index (κ2) is 8.98. The molecule has 5 rings (SSSR count). The van der Waals surface area contributed by atoms with Crippen molar-refractivity contribution in [2.45, 2.75) is 20.5 Å². The number of benzene rings is 2. The molecule has 0 atom stereocenters. The van der Waals surface area contributed by atoms with Gasteiger partial charge in [0.15, 0.2) is 11.5 Å². The van der Waals surface area contributed by atoms with E-state index in [9.17, 15) is 9.18 Å². The van der Waals surface area contributed by atoms with Gasteiger partial charge in [0.05, 0.1) is 11.3 Å². The molecule has 0 aliphatic carbocycles. The molecule has 3 aromatic heterocycles. The number of fused-ring (bicyclic) bond motifs is 1. The fraction of sp³-hybridized carbons (Fsp3) is 0.111. The van der Waals surface area contributed by atoms with Gasteiger partial charge < -0.3 is 10.5 Å². The maximum Gasteiger partial charge on any atom is 0.302 e. The summed E-state index contributed by atoms with van der Waals surface area (Å²) in [6, 6.07) is 19.5. The summed E-state index contributed by atoms with van der Waals surface area (Å²) in [6.07, 6.45) is 1.63. The van der Waals surface area contributed by atoms with Crippen LogP contribution in [-0.4, -0.2) is 25.5 Å². The third-order valence-corrected chi connectivity index (χ3v) is 5.66. The molecule has 0 amide bonds. The van der Waals surface area contributed by atoms with Gasteiger partial charge in [-0.1, -0.05) is 12.1 Å². The Morgan fingerprint density at radius 1 is 1.06 bits per heavy atom. The lowest BCUT2D eigenvalue weighted by Gasteiger charge is -2.12. The standard InChI is InChI=1S/C27H22FN5O2/c1-16-14-23-27(32-24(16)19-7-9-20(28)10-8-19)33(26(31-23)22-4-3-13-30-25(22)29)21-11-5-18(6-12-21)15-35-17(2)34/h3-14H,15H2,1-2H3,(H2,29,30). The van der Waals surface area contributed by atoms with Crippen LogP contribution in [0.5, 0.6) is 0 Å². The Bertz CT molecular complexity index is 1540. The molecule has 0 aliphatic heterocycles. The van der Waals surface area contributed by atoms with Crippen LogP contribution in [0.4, 0.5) is 10.2 Å². The molecule has 0 bridgehead atoms. The first-order chi connectivity index (χ1) is 16.9. The van der Waals surface area contributed by atoms with Crippen LogP contribution < -0.4 is 5.73 Å². The minimum atomic E-state index is -0.336. The molecule has 3 heterocycles. The number of imidazole rings is 1. The molecule has 0 unspecified atom stereocenters. The van der Waals surface area contributed by atoms with E-state index in [2.05, 4.69) is 4.98 Å². The van der Waals surface area contributed by atoms with E-state index in [-0.39, 0.29) is 18.4 Å². The van der Waals surface area contributed by atoms with Crippen molar-refractivity contribution in [3.63, 3.8) is 0 Å². The second-order valence-corrected chi connectivity index (χ2v) is 8.16. The van der Waals surface area contributed by atoms with Crippen molar-refractivity contribution in [1.29, 1.82) is 0 Å². The third kappa shape index (κ3) is 4.33. The van der Waals surface area contributed by atoms with Crippen molar-refractivity contribution in [3.05, 3.63) is 89.9 Å². The van der Waals surface area contributed by atoms with Gasteiger partial charge in [-0.2, -0.15) is 0 Å². The minimum Gasteiger partial charge on any atom is -0.461 e. The number of carbonyl (C=O) groups excluding carboxylic acids is 1. The first-order valence-corrected chi connectivity index (χ1v) is 11.0. The van der Waals surface area contributed by atoms with Crippen LogP contribution in [0.2, 0.25) is 0 Å². The van der Waals surface area contributed by atoms with Crippen molar-refractivity contribution < 1.29 is 13.9 Å². The number of pyridine rings is 2. The number of rotatable bonds is 5. The molecular formula is C27H22FN5O2. The number of ether oxygens (including phenoxy) is 1. The van der Waals surface area contributed by atoms with Gasteiger partial charge in [0.1, 0.15) is 23.8 Å². The predicted octanol–water partition coefficient (Wildman–Crippen LogP) is 5.24. The quantitative estimate of drug-likeness (QED) is 0.355. The highest BCUT2D eigenvalue weighted by Crippen LogP contribution is 2.33. The maximum atomic E-state index is 13.5. The maximum absolute atomic E-state index is 13.5. The molecule has 5 aromatic rings. The van der Waals surface area contributed by atoms with Crippen LogP contribution in [0, 0.1) is 12.7 Å². The van der Waals surface area contributed by atoms with E-state index < -0.39 is 0 Å². The SMILES string of the molecule is CC(=O)OCc1ccc(-n2c(-c3cccnc3N)nc3cc(C)c(-c4ccc(F)cc4)nc32)cc1. The van der Waals surface area contributed by atoms with E-state index in [4.69, 9.17) is 20.4 Å². The van der Waals surface area contributed by atoms with E-state index in [1.165, 1.54) is 19.1 Å². The summed E-state index contributed by atoms with van der Waals surface area (Å²) < 4.78 is 20.5. The van der Waals surface area contributed by atoms with E-state index in [1.807, 2.05) is 47.9 Å². The summed E-state index contributed by atoms with van der Waals surface area (Å²) in [5, 5.41) is 0.